The summed E-state index contributed by atoms with van der Waals surface area (Å²) in [6.45, 7) is 1.86. The number of nitrogens with zero attached hydrogens (tertiary/aromatic N) is 2. The van der Waals surface area contributed by atoms with Gasteiger partial charge in [-0.25, -0.2) is 9.91 Å². The summed E-state index contributed by atoms with van der Waals surface area (Å²) < 4.78 is 0. The lowest BCUT2D eigenvalue weighted by Gasteiger charge is -2.28. The molecule has 2 heterocycles. The summed E-state index contributed by atoms with van der Waals surface area (Å²) in [6.07, 6.45) is -0.155. The number of amides is 4. The fourth-order valence-corrected chi connectivity index (χ4v) is 4.29. The van der Waals surface area contributed by atoms with E-state index in [4.69, 9.17) is 0 Å². The van der Waals surface area contributed by atoms with E-state index >= 15 is 0 Å². The second-order valence-electron chi connectivity index (χ2n) is 7.46. The highest BCUT2D eigenvalue weighted by atomic mass is 32.1. The summed E-state index contributed by atoms with van der Waals surface area (Å²) in [5.41, 5.74) is 4.23. The normalized spacial score (nSPS) is 15.7. The van der Waals surface area contributed by atoms with Crippen LogP contribution < -0.4 is 10.3 Å². The van der Waals surface area contributed by atoms with Gasteiger partial charge < -0.3 is 0 Å². The third kappa shape index (κ3) is 4.45. The first-order valence-electron chi connectivity index (χ1n) is 10.1. The van der Waals surface area contributed by atoms with Crippen molar-refractivity contribution in [3.05, 3.63) is 88.1 Å². The summed E-state index contributed by atoms with van der Waals surface area (Å²) >= 11 is 1.42. The molecule has 1 aliphatic heterocycles. The zero-order valence-corrected chi connectivity index (χ0v) is 18.2. The number of carbonyl (C=O) groups excluding carboxylic acids is 4. The average Bonchev–Trinajstić information content (AvgIpc) is 3.39. The number of anilines is 1. The maximum Gasteiger partial charge on any atom is 0.273 e. The monoisotopic (exact) mass is 447 g/mol. The molecule has 0 radical (unpaired) electrons. The Labute approximate surface area is 189 Å². The van der Waals surface area contributed by atoms with E-state index in [1.165, 1.54) is 11.3 Å². The van der Waals surface area contributed by atoms with Crippen molar-refractivity contribution in [2.45, 2.75) is 25.8 Å². The molecule has 8 heteroatoms. The molecule has 0 saturated carbocycles. The molecule has 1 fully saturated rings. The van der Waals surface area contributed by atoms with Crippen LogP contribution in [0.1, 0.15) is 27.2 Å². The largest absolute Gasteiger partial charge is 0.274 e. The predicted molar refractivity (Wildman–Crippen MR) is 121 cm³/mol. The molecular formula is C24H21N3O4S. The minimum absolute atomic E-state index is 0.0622. The number of hydrogen-bond acceptors (Lipinski definition) is 5. The average molecular weight is 448 g/mol. The third-order valence-corrected chi connectivity index (χ3v) is 5.97. The van der Waals surface area contributed by atoms with E-state index in [1.54, 1.807) is 48.5 Å². The standard InChI is InChI=1S/C24H21N3O4S/c1-16-7-5-10-18(13-16)26-22(29)15-20(24(26)31)27(23(30)17-8-3-2-4-9-17)25-21(28)14-19-11-6-12-32-19/h2-13,20H,14-15H2,1H3,(H,25,28). The molecule has 4 rings (SSSR count). The second kappa shape index (κ2) is 9.15. The number of nitrogens with one attached hydrogen (secondary N) is 1. The molecule has 2 aromatic carbocycles. The number of rotatable bonds is 5. The van der Waals surface area contributed by atoms with E-state index < -0.39 is 29.7 Å². The van der Waals surface area contributed by atoms with Crippen LogP contribution in [0.2, 0.25) is 0 Å². The van der Waals surface area contributed by atoms with E-state index in [2.05, 4.69) is 5.43 Å². The van der Waals surface area contributed by atoms with Crippen LogP contribution in [0.4, 0.5) is 5.69 Å². The predicted octanol–water partition coefficient (Wildman–Crippen LogP) is 3.10. The molecule has 32 heavy (non-hydrogen) atoms. The van der Waals surface area contributed by atoms with Crippen LogP contribution in [0.5, 0.6) is 0 Å². The lowest BCUT2D eigenvalue weighted by Crippen LogP contribution is -2.55. The topological polar surface area (TPSA) is 86.8 Å². The van der Waals surface area contributed by atoms with Crippen molar-refractivity contribution in [1.82, 2.24) is 10.4 Å². The number of hydrogen-bond donors (Lipinski definition) is 1. The van der Waals surface area contributed by atoms with Crippen molar-refractivity contribution >= 4 is 40.7 Å². The second-order valence-corrected chi connectivity index (χ2v) is 8.49. The zero-order valence-electron chi connectivity index (χ0n) is 17.4. The smallest absolute Gasteiger partial charge is 0.273 e. The fraction of sp³-hybridized carbons (Fsp3) is 0.167. The quantitative estimate of drug-likeness (QED) is 0.481. The molecular weight excluding hydrogens is 426 g/mol. The molecule has 0 spiro atoms. The summed E-state index contributed by atoms with van der Waals surface area (Å²) in [5, 5.41) is 2.86. The van der Waals surface area contributed by atoms with Gasteiger partial charge in [0.25, 0.3) is 11.8 Å². The van der Waals surface area contributed by atoms with Gasteiger partial charge in [0.2, 0.25) is 11.8 Å². The molecule has 1 aliphatic rings. The fourth-order valence-electron chi connectivity index (χ4n) is 3.59. The minimum Gasteiger partial charge on any atom is -0.274 e. The summed E-state index contributed by atoms with van der Waals surface area (Å²) in [4.78, 5) is 53.9. The van der Waals surface area contributed by atoms with Crippen molar-refractivity contribution < 1.29 is 19.2 Å². The van der Waals surface area contributed by atoms with Gasteiger partial charge in [-0.2, -0.15) is 0 Å². The highest BCUT2D eigenvalue weighted by Crippen LogP contribution is 2.26. The van der Waals surface area contributed by atoms with Crippen LogP contribution in [-0.4, -0.2) is 34.7 Å². The van der Waals surface area contributed by atoms with Gasteiger partial charge in [0.05, 0.1) is 18.5 Å². The number of imide groups is 1. The molecule has 1 atom stereocenters. The first kappa shape index (κ1) is 21.5. The van der Waals surface area contributed by atoms with Gasteiger partial charge >= 0.3 is 0 Å². The zero-order chi connectivity index (χ0) is 22.7. The van der Waals surface area contributed by atoms with Gasteiger partial charge in [0.1, 0.15) is 6.04 Å². The Balaban J connectivity index is 1.63. The summed E-state index contributed by atoms with van der Waals surface area (Å²) in [7, 11) is 0. The van der Waals surface area contributed by atoms with Crippen molar-refractivity contribution in [3.63, 3.8) is 0 Å². The van der Waals surface area contributed by atoms with E-state index in [0.717, 1.165) is 20.3 Å². The molecule has 1 aromatic heterocycles. The maximum atomic E-state index is 13.3. The molecule has 162 valence electrons. The van der Waals surface area contributed by atoms with Gasteiger partial charge in [-0.3, -0.25) is 24.6 Å². The number of aryl methyl sites for hydroxylation is 1. The van der Waals surface area contributed by atoms with Crippen LogP contribution in [0, 0.1) is 6.92 Å². The van der Waals surface area contributed by atoms with Gasteiger partial charge in [0.15, 0.2) is 0 Å². The minimum atomic E-state index is -1.14. The molecule has 0 bridgehead atoms. The Kier molecular flexibility index (Phi) is 6.13. The van der Waals surface area contributed by atoms with Crippen molar-refractivity contribution in [3.8, 4) is 0 Å². The number of carbonyl (C=O) groups is 4. The third-order valence-electron chi connectivity index (χ3n) is 5.09. The van der Waals surface area contributed by atoms with E-state index in [-0.39, 0.29) is 12.8 Å². The van der Waals surface area contributed by atoms with Crippen molar-refractivity contribution in [2.24, 2.45) is 0 Å². The van der Waals surface area contributed by atoms with Crippen LogP contribution in [0.25, 0.3) is 0 Å². The molecule has 1 saturated heterocycles. The van der Waals surface area contributed by atoms with Crippen LogP contribution in [0.3, 0.4) is 0 Å². The van der Waals surface area contributed by atoms with Crippen LogP contribution in [0.15, 0.2) is 72.1 Å². The Bertz CT molecular complexity index is 1160. The van der Waals surface area contributed by atoms with Gasteiger partial charge in [-0.05, 0) is 48.2 Å². The lowest BCUT2D eigenvalue weighted by molar-refractivity contribution is -0.128. The highest BCUT2D eigenvalue weighted by molar-refractivity contribution is 7.10. The molecule has 1 N–H and O–H groups in total. The molecule has 7 nitrogen and oxygen atoms in total. The highest BCUT2D eigenvalue weighted by Gasteiger charge is 2.45. The van der Waals surface area contributed by atoms with Gasteiger partial charge in [0, 0.05) is 10.4 Å². The van der Waals surface area contributed by atoms with E-state index in [9.17, 15) is 19.2 Å². The van der Waals surface area contributed by atoms with E-state index in [1.807, 2.05) is 30.5 Å². The van der Waals surface area contributed by atoms with Gasteiger partial charge in [-0.1, -0.05) is 36.4 Å². The van der Waals surface area contributed by atoms with E-state index in [0.29, 0.717) is 11.3 Å². The first-order chi connectivity index (χ1) is 15.4. The Morgan fingerprint density at radius 2 is 1.84 bits per heavy atom. The molecule has 3 aromatic rings. The molecule has 4 amide bonds. The Morgan fingerprint density at radius 1 is 1.06 bits per heavy atom. The van der Waals surface area contributed by atoms with Crippen molar-refractivity contribution in [2.75, 3.05) is 4.90 Å². The molecule has 0 aliphatic carbocycles. The summed E-state index contributed by atoms with van der Waals surface area (Å²) in [5.74, 6) is -1.97. The Hall–Kier alpha value is -3.78. The lowest BCUT2D eigenvalue weighted by atomic mass is 10.1. The molecule has 1 unspecified atom stereocenters. The van der Waals surface area contributed by atoms with Crippen LogP contribution >= 0.6 is 11.3 Å². The SMILES string of the molecule is Cc1cccc(N2C(=O)CC(N(NC(=O)Cc3cccs3)C(=O)c3ccccc3)C2=O)c1. The summed E-state index contributed by atoms with van der Waals surface area (Å²) in [6, 6.07) is 17.9. The van der Waals surface area contributed by atoms with Gasteiger partial charge in [-0.15, -0.1) is 11.3 Å². The van der Waals surface area contributed by atoms with Crippen LogP contribution in [-0.2, 0) is 20.8 Å². The number of benzene rings is 2. The number of hydrazine groups is 1. The number of thiophene rings is 1. The first-order valence-corrected chi connectivity index (χ1v) is 11.0. The Morgan fingerprint density at radius 3 is 2.53 bits per heavy atom. The van der Waals surface area contributed by atoms with Crippen molar-refractivity contribution in [1.29, 1.82) is 0 Å². The maximum absolute atomic E-state index is 13.3.